The number of allylic oxidation sites excluding steroid dienone is 1. The Balaban J connectivity index is 1.24. The first-order chi connectivity index (χ1) is 16.4. The molecular weight excluding hydrogens is 431 g/mol. The fraction of sp³-hybridized carbons (Fsp3) is 0.862. The summed E-state index contributed by atoms with van der Waals surface area (Å²) in [5.74, 6) is 1.17. The van der Waals surface area contributed by atoms with Crippen LogP contribution in [0.4, 0.5) is 9.18 Å². The predicted octanol–water partition coefficient (Wildman–Crippen LogP) is 7.74. The largest absolute Gasteiger partial charge is 0.508 e. The Morgan fingerprint density at radius 3 is 2.53 bits per heavy atom. The Hall–Kier alpha value is -1.39. The van der Waals surface area contributed by atoms with Crippen LogP contribution in [-0.4, -0.2) is 30.8 Å². The lowest BCUT2D eigenvalue weighted by atomic mass is 9.51. The molecule has 0 radical (unpaired) electrons. The summed E-state index contributed by atoms with van der Waals surface area (Å²) < 4.78 is 26.9. The van der Waals surface area contributed by atoms with Crippen LogP contribution in [0.25, 0.3) is 0 Å². The van der Waals surface area contributed by atoms with Crippen LogP contribution in [0.2, 0.25) is 0 Å². The highest BCUT2D eigenvalue weighted by atomic mass is 19.1. The second kappa shape index (κ2) is 11.6. The molecule has 5 heteroatoms. The van der Waals surface area contributed by atoms with Crippen LogP contribution in [0.5, 0.6) is 0 Å². The van der Waals surface area contributed by atoms with E-state index in [2.05, 4.69) is 13.8 Å². The van der Waals surface area contributed by atoms with Gasteiger partial charge in [0.05, 0.1) is 6.61 Å². The van der Waals surface area contributed by atoms with Gasteiger partial charge in [-0.3, -0.25) is 4.79 Å². The number of hydrogen-bond donors (Lipinski definition) is 0. The highest BCUT2D eigenvalue weighted by Gasteiger charge is 2.61. The summed E-state index contributed by atoms with van der Waals surface area (Å²) >= 11 is 0. The molecule has 4 rings (SSSR count). The van der Waals surface area contributed by atoms with Gasteiger partial charge in [-0.1, -0.05) is 64.4 Å². The normalized spacial score (nSPS) is 36.8. The van der Waals surface area contributed by atoms with Crippen LogP contribution < -0.4 is 0 Å². The molecule has 0 spiro atoms. The maximum Gasteiger partial charge on any atom is 0.508 e. The van der Waals surface area contributed by atoms with Crippen molar-refractivity contribution in [2.24, 2.45) is 29.1 Å². The maximum atomic E-state index is 15.7. The third kappa shape index (κ3) is 5.54. The van der Waals surface area contributed by atoms with Gasteiger partial charge in [0.1, 0.15) is 12.3 Å². The van der Waals surface area contributed by atoms with E-state index in [-0.39, 0.29) is 29.1 Å². The van der Waals surface area contributed by atoms with Gasteiger partial charge in [-0.2, -0.15) is 0 Å². The molecule has 0 unspecified atom stereocenters. The van der Waals surface area contributed by atoms with Crippen LogP contribution in [0, 0.1) is 29.1 Å². The van der Waals surface area contributed by atoms with E-state index in [4.69, 9.17) is 9.47 Å². The van der Waals surface area contributed by atoms with Crippen molar-refractivity contribution < 1.29 is 23.5 Å². The minimum atomic E-state index is -0.898. The molecule has 0 amide bonds. The Labute approximate surface area is 205 Å². The van der Waals surface area contributed by atoms with Crippen molar-refractivity contribution in [3.05, 3.63) is 11.6 Å². The number of alkyl halides is 1. The number of carbonyl (C=O) groups excluding carboxylic acids is 2. The van der Waals surface area contributed by atoms with Gasteiger partial charge < -0.3 is 9.47 Å². The molecular formula is C29H45FO4. The van der Waals surface area contributed by atoms with Crippen molar-refractivity contribution in [2.45, 2.75) is 122 Å². The zero-order valence-corrected chi connectivity index (χ0v) is 21.4. The summed E-state index contributed by atoms with van der Waals surface area (Å²) in [4.78, 5) is 24.3. The van der Waals surface area contributed by atoms with Crippen LogP contribution in [-0.2, 0) is 14.3 Å². The topological polar surface area (TPSA) is 52.6 Å². The van der Waals surface area contributed by atoms with Crippen molar-refractivity contribution in [3.8, 4) is 0 Å². The molecule has 3 fully saturated rings. The zero-order valence-electron chi connectivity index (χ0n) is 21.4. The lowest BCUT2D eigenvalue weighted by molar-refractivity contribution is -0.118. The number of hydrogen-bond acceptors (Lipinski definition) is 4. The van der Waals surface area contributed by atoms with E-state index in [0.717, 1.165) is 44.9 Å². The van der Waals surface area contributed by atoms with Gasteiger partial charge in [-0.25, -0.2) is 9.18 Å². The number of rotatable bonds is 10. The molecule has 0 aromatic rings. The molecule has 192 valence electrons. The molecule has 34 heavy (non-hydrogen) atoms. The molecule has 0 aromatic carbocycles. The van der Waals surface area contributed by atoms with E-state index in [1.165, 1.54) is 44.1 Å². The van der Waals surface area contributed by atoms with E-state index in [9.17, 15) is 9.59 Å². The van der Waals surface area contributed by atoms with Crippen LogP contribution >= 0.6 is 0 Å². The average molecular weight is 477 g/mol. The second-order valence-corrected chi connectivity index (χ2v) is 11.7. The molecule has 3 saturated carbocycles. The first-order valence-electron chi connectivity index (χ1n) is 14.1. The molecule has 0 aliphatic heterocycles. The lowest BCUT2D eigenvalue weighted by Gasteiger charge is -2.54. The van der Waals surface area contributed by atoms with E-state index in [1.807, 2.05) is 6.08 Å². The lowest BCUT2D eigenvalue weighted by Crippen LogP contribution is -2.53. The van der Waals surface area contributed by atoms with Gasteiger partial charge in [0, 0.05) is 11.8 Å². The average Bonchev–Trinajstić information content (AvgIpc) is 3.12. The summed E-state index contributed by atoms with van der Waals surface area (Å²) in [5, 5.41) is 0. The standard InChI is InChI=1S/C29H45FO4/c1-3-4-5-6-7-8-9-10-17-33-28(32)34-26-16-15-24-23-13-11-20-18-21(31)12-14-22(20)27(23)25(30)19-29(24,26)2/h18,22-27H,3-17,19H2,1-2H3/t22-,23-,24-,25-,26-,27+,29-/m0/s1. The Morgan fingerprint density at radius 2 is 1.76 bits per heavy atom. The van der Waals surface area contributed by atoms with Crippen molar-refractivity contribution in [2.75, 3.05) is 6.61 Å². The van der Waals surface area contributed by atoms with Gasteiger partial charge >= 0.3 is 6.16 Å². The summed E-state index contributed by atoms with van der Waals surface area (Å²) in [6.07, 6.45) is 15.2. The number of ketones is 1. The van der Waals surface area contributed by atoms with Crippen molar-refractivity contribution in [1.29, 1.82) is 0 Å². The third-order valence-corrected chi connectivity index (χ3v) is 9.60. The highest BCUT2D eigenvalue weighted by molar-refractivity contribution is 5.91. The van der Waals surface area contributed by atoms with Crippen molar-refractivity contribution in [3.63, 3.8) is 0 Å². The molecule has 0 bridgehead atoms. The molecule has 7 atom stereocenters. The van der Waals surface area contributed by atoms with E-state index >= 15 is 4.39 Å². The number of carbonyl (C=O) groups is 2. The van der Waals surface area contributed by atoms with Crippen LogP contribution in [0.3, 0.4) is 0 Å². The first kappa shape index (κ1) is 25.7. The minimum Gasteiger partial charge on any atom is -0.434 e. The number of unbranched alkanes of at least 4 members (excludes halogenated alkanes) is 7. The molecule has 0 N–H and O–H groups in total. The Kier molecular flexibility index (Phi) is 8.74. The summed E-state index contributed by atoms with van der Waals surface area (Å²) in [5.41, 5.74) is 0.878. The summed E-state index contributed by atoms with van der Waals surface area (Å²) in [6.45, 7) is 4.78. The molecule has 0 saturated heterocycles. The fourth-order valence-corrected chi connectivity index (χ4v) is 7.89. The predicted molar refractivity (Wildman–Crippen MR) is 131 cm³/mol. The fourth-order valence-electron chi connectivity index (χ4n) is 7.89. The van der Waals surface area contributed by atoms with Crippen LogP contribution in [0.1, 0.15) is 110 Å². The Morgan fingerprint density at radius 1 is 1.03 bits per heavy atom. The van der Waals surface area contributed by atoms with E-state index in [0.29, 0.717) is 31.3 Å². The van der Waals surface area contributed by atoms with Gasteiger partial charge in [-0.15, -0.1) is 0 Å². The summed E-state index contributed by atoms with van der Waals surface area (Å²) in [6, 6.07) is 0. The molecule has 0 heterocycles. The Bertz CT molecular complexity index is 748. The molecule has 0 aromatic heterocycles. The molecule has 4 aliphatic carbocycles. The number of ether oxygens (including phenoxy) is 2. The molecule has 4 nitrogen and oxygen atoms in total. The first-order valence-corrected chi connectivity index (χ1v) is 14.1. The van der Waals surface area contributed by atoms with Gasteiger partial charge in [0.15, 0.2) is 5.78 Å². The van der Waals surface area contributed by atoms with Crippen molar-refractivity contribution in [1.82, 2.24) is 0 Å². The molecule has 4 aliphatic rings. The monoisotopic (exact) mass is 476 g/mol. The maximum absolute atomic E-state index is 15.7. The van der Waals surface area contributed by atoms with E-state index < -0.39 is 12.3 Å². The number of halogens is 1. The quantitative estimate of drug-likeness (QED) is 0.239. The smallest absolute Gasteiger partial charge is 0.434 e. The minimum absolute atomic E-state index is 0.0267. The third-order valence-electron chi connectivity index (χ3n) is 9.60. The number of fused-ring (bicyclic) bond motifs is 5. The van der Waals surface area contributed by atoms with Gasteiger partial charge in [0.25, 0.3) is 0 Å². The zero-order chi connectivity index (χ0) is 24.1. The second-order valence-electron chi connectivity index (χ2n) is 11.7. The summed E-state index contributed by atoms with van der Waals surface area (Å²) in [7, 11) is 0. The van der Waals surface area contributed by atoms with Crippen LogP contribution in [0.15, 0.2) is 11.6 Å². The van der Waals surface area contributed by atoms with Gasteiger partial charge in [-0.05, 0) is 74.7 Å². The highest BCUT2D eigenvalue weighted by Crippen LogP contribution is 2.63. The van der Waals surface area contributed by atoms with E-state index in [1.54, 1.807) is 0 Å². The van der Waals surface area contributed by atoms with Gasteiger partial charge in [0.2, 0.25) is 0 Å². The SMILES string of the molecule is CCCCCCCCCCOC(=O)O[C@H]1CC[C@H]2[C@@H]3CCC4=CC(=O)CC[C@@H]4[C@H]3[C@@H](F)C[C@]12C. The van der Waals surface area contributed by atoms with Crippen molar-refractivity contribution >= 4 is 11.9 Å².